The van der Waals surface area contributed by atoms with Crippen LogP contribution in [0.1, 0.15) is 45.3 Å². The smallest absolute Gasteiger partial charge is 0.191 e. The van der Waals surface area contributed by atoms with Gasteiger partial charge in [0.15, 0.2) is 5.96 Å². The van der Waals surface area contributed by atoms with E-state index in [0.29, 0.717) is 13.1 Å². The summed E-state index contributed by atoms with van der Waals surface area (Å²) in [6, 6.07) is 0. The zero-order chi connectivity index (χ0) is 16.1. The predicted molar refractivity (Wildman–Crippen MR) is 106 cm³/mol. The van der Waals surface area contributed by atoms with Crippen LogP contribution in [0.25, 0.3) is 0 Å². The number of halogens is 1. The molecule has 1 aromatic heterocycles. The van der Waals surface area contributed by atoms with Gasteiger partial charge in [0.25, 0.3) is 0 Å². The molecule has 0 bridgehead atoms. The van der Waals surface area contributed by atoms with Crippen molar-refractivity contribution in [1.29, 1.82) is 0 Å². The summed E-state index contributed by atoms with van der Waals surface area (Å²) in [6.45, 7) is 11.9. The molecule has 0 aromatic carbocycles. The Morgan fingerprint density at radius 1 is 1.27 bits per heavy atom. The Hall–Kier alpha value is -0.410. The molecule has 7 heteroatoms. The zero-order valence-electron chi connectivity index (χ0n) is 14.6. The van der Waals surface area contributed by atoms with Gasteiger partial charge in [-0.05, 0) is 13.8 Å². The minimum atomic E-state index is -0.224. The van der Waals surface area contributed by atoms with E-state index in [1.807, 2.05) is 13.8 Å². The van der Waals surface area contributed by atoms with Gasteiger partial charge in [0.1, 0.15) is 5.01 Å². The summed E-state index contributed by atoms with van der Waals surface area (Å²) in [4.78, 5) is 8.87. The van der Waals surface area contributed by atoms with Crippen molar-refractivity contribution in [2.24, 2.45) is 4.99 Å². The highest BCUT2D eigenvalue weighted by molar-refractivity contribution is 14.0. The van der Waals surface area contributed by atoms with Crippen LogP contribution in [0.4, 0.5) is 0 Å². The topological polar surface area (TPSA) is 58.5 Å². The number of nitrogens with one attached hydrogen (secondary N) is 2. The number of aliphatic imine (C=N–C) groups is 1. The van der Waals surface area contributed by atoms with E-state index in [0.717, 1.165) is 16.7 Å². The molecule has 128 valence electrons. The molecule has 0 unspecified atom stereocenters. The van der Waals surface area contributed by atoms with Crippen molar-refractivity contribution in [2.45, 2.75) is 52.2 Å². The second-order valence-electron chi connectivity index (χ2n) is 6.62. The fourth-order valence-electron chi connectivity index (χ4n) is 1.49. The zero-order valence-corrected chi connectivity index (χ0v) is 17.8. The largest absolute Gasteiger partial charge is 0.377 e. The Balaban J connectivity index is 0.00000441. The first kappa shape index (κ1) is 21.6. The molecule has 0 amide bonds. The van der Waals surface area contributed by atoms with E-state index in [1.165, 1.54) is 0 Å². The minimum absolute atomic E-state index is 0. The molecule has 0 aliphatic carbocycles. The van der Waals surface area contributed by atoms with E-state index in [2.05, 4.69) is 46.8 Å². The maximum Gasteiger partial charge on any atom is 0.191 e. The van der Waals surface area contributed by atoms with Crippen molar-refractivity contribution in [2.75, 3.05) is 20.7 Å². The lowest BCUT2D eigenvalue weighted by Gasteiger charge is -2.24. The summed E-state index contributed by atoms with van der Waals surface area (Å²) in [6.07, 6.45) is 0. The number of hydrogen-bond acceptors (Lipinski definition) is 4. The Bertz CT molecular complexity index is 480. The fraction of sp³-hybridized carbons (Fsp3) is 0.733. The first-order valence-electron chi connectivity index (χ1n) is 7.12. The van der Waals surface area contributed by atoms with Gasteiger partial charge in [-0.25, -0.2) is 4.98 Å². The molecule has 2 N–H and O–H groups in total. The number of nitrogens with zero attached hydrogens (tertiary/aromatic N) is 2. The van der Waals surface area contributed by atoms with E-state index < -0.39 is 0 Å². The lowest BCUT2D eigenvalue weighted by atomic mass is 9.93. The average Bonchev–Trinajstić information content (AvgIpc) is 2.88. The Labute approximate surface area is 155 Å². The SMILES string of the molecule is CN=C(NCc1nc(C(C)(C)C)cs1)NCC(C)(C)OC.I. The van der Waals surface area contributed by atoms with Crippen LogP contribution in [0.2, 0.25) is 0 Å². The maximum absolute atomic E-state index is 5.38. The van der Waals surface area contributed by atoms with Gasteiger partial charge >= 0.3 is 0 Å². The van der Waals surface area contributed by atoms with Crippen molar-refractivity contribution in [3.8, 4) is 0 Å². The van der Waals surface area contributed by atoms with Crippen LogP contribution in [0.15, 0.2) is 10.4 Å². The number of rotatable bonds is 5. The van der Waals surface area contributed by atoms with Crippen molar-refractivity contribution in [3.63, 3.8) is 0 Å². The highest BCUT2D eigenvalue weighted by Gasteiger charge is 2.18. The van der Waals surface area contributed by atoms with Crippen LogP contribution in [-0.2, 0) is 16.7 Å². The summed E-state index contributed by atoms with van der Waals surface area (Å²) < 4.78 is 5.38. The van der Waals surface area contributed by atoms with Crippen LogP contribution >= 0.6 is 35.3 Å². The standard InChI is InChI=1S/C15H28N4OS.HI/c1-14(2,3)11-9-21-12(19-11)8-17-13(16-6)18-10-15(4,5)20-7;/h9H,8,10H2,1-7H3,(H2,16,17,18);1H. The number of aromatic nitrogens is 1. The summed E-state index contributed by atoms with van der Waals surface area (Å²) >= 11 is 1.68. The van der Waals surface area contributed by atoms with Gasteiger partial charge in [0, 0.05) is 31.5 Å². The van der Waals surface area contributed by atoms with E-state index in [9.17, 15) is 0 Å². The molecule has 0 saturated heterocycles. The molecule has 0 fully saturated rings. The van der Waals surface area contributed by atoms with Crippen molar-refractivity contribution < 1.29 is 4.74 Å². The van der Waals surface area contributed by atoms with E-state index in [1.54, 1.807) is 25.5 Å². The Morgan fingerprint density at radius 2 is 1.91 bits per heavy atom. The molecule has 0 radical (unpaired) electrons. The van der Waals surface area contributed by atoms with Crippen molar-refractivity contribution >= 4 is 41.3 Å². The first-order valence-corrected chi connectivity index (χ1v) is 8.00. The van der Waals surface area contributed by atoms with Crippen molar-refractivity contribution in [3.05, 3.63) is 16.1 Å². The lowest BCUT2D eigenvalue weighted by Crippen LogP contribution is -2.45. The summed E-state index contributed by atoms with van der Waals surface area (Å²) in [5.74, 6) is 0.757. The molecule has 5 nitrogen and oxygen atoms in total. The molecule has 1 aromatic rings. The summed E-state index contributed by atoms with van der Waals surface area (Å²) in [7, 11) is 3.47. The second-order valence-corrected chi connectivity index (χ2v) is 7.56. The van der Waals surface area contributed by atoms with Gasteiger partial charge in [-0.1, -0.05) is 20.8 Å². The predicted octanol–water partition coefficient (Wildman–Crippen LogP) is 3.15. The molecular weight excluding hydrogens is 411 g/mol. The number of thiazole rings is 1. The molecule has 1 rings (SSSR count). The van der Waals surface area contributed by atoms with Gasteiger partial charge < -0.3 is 15.4 Å². The highest BCUT2D eigenvalue weighted by Crippen LogP contribution is 2.23. The third kappa shape index (κ3) is 7.23. The Kier molecular flexibility index (Phi) is 8.86. The molecular formula is C15H29IN4OS. The summed E-state index contributed by atoms with van der Waals surface area (Å²) in [5, 5.41) is 9.73. The van der Waals surface area contributed by atoms with Crippen LogP contribution in [-0.4, -0.2) is 37.2 Å². The number of guanidine groups is 1. The fourth-order valence-corrected chi connectivity index (χ4v) is 2.45. The van der Waals surface area contributed by atoms with Gasteiger partial charge in [0.05, 0.1) is 17.8 Å². The first-order chi connectivity index (χ1) is 9.68. The molecule has 0 saturated carbocycles. The van der Waals surface area contributed by atoms with E-state index >= 15 is 0 Å². The van der Waals surface area contributed by atoms with Gasteiger partial charge in [-0.3, -0.25) is 4.99 Å². The van der Waals surface area contributed by atoms with Gasteiger partial charge in [0.2, 0.25) is 0 Å². The van der Waals surface area contributed by atoms with Crippen LogP contribution in [0.3, 0.4) is 0 Å². The molecule has 0 atom stereocenters. The quantitative estimate of drug-likeness (QED) is 0.420. The minimum Gasteiger partial charge on any atom is -0.377 e. The molecule has 0 aliphatic heterocycles. The normalized spacial score (nSPS) is 12.8. The van der Waals surface area contributed by atoms with E-state index in [-0.39, 0.29) is 35.0 Å². The lowest BCUT2D eigenvalue weighted by molar-refractivity contribution is 0.0268. The molecule has 0 aliphatic rings. The summed E-state index contributed by atoms with van der Waals surface area (Å²) in [5.41, 5.74) is 1.00. The maximum atomic E-state index is 5.38. The second kappa shape index (κ2) is 9.02. The third-order valence-corrected chi connectivity index (χ3v) is 4.03. The number of ether oxygens (including phenoxy) is 1. The van der Waals surface area contributed by atoms with Crippen LogP contribution < -0.4 is 10.6 Å². The highest BCUT2D eigenvalue weighted by atomic mass is 127. The van der Waals surface area contributed by atoms with Gasteiger partial charge in [-0.15, -0.1) is 35.3 Å². The molecule has 1 heterocycles. The van der Waals surface area contributed by atoms with E-state index in [4.69, 9.17) is 4.74 Å². The van der Waals surface area contributed by atoms with Gasteiger partial charge in [-0.2, -0.15) is 0 Å². The van der Waals surface area contributed by atoms with Crippen LogP contribution in [0.5, 0.6) is 0 Å². The van der Waals surface area contributed by atoms with Crippen molar-refractivity contribution in [1.82, 2.24) is 15.6 Å². The monoisotopic (exact) mass is 440 g/mol. The average molecular weight is 440 g/mol. The molecule has 22 heavy (non-hydrogen) atoms. The van der Waals surface area contributed by atoms with Crippen LogP contribution in [0, 0.1) is 0 Å². The Morgan fingerprint density at radius 3 is 2.36 bits per heavy atom. The number of methoxy groups -OCH3 is 1. The molecule has 0 spiro atoms. The number of hydrogen-bond donors (Lipinski definition) is 2. The third-order valence-electron chi connectivity index (χ3n) is 3.18.